The molecular formula is C14H10BrN3O. The van der Waals surface area contributed by atoms with Gasteiger partial charge in [0.25, 0.3) is 5.91 Å². The third kappa shape index (κ3) is 3.18. The summed E-state index contributed by atoms with van der Waals surface area (Å²) in [5.74, 6) is -0.340. The van der Waals surface area contributed by atoms with Gasteiger partial charge in [-0.15, -0.1) is 0 Å². The lowest BCUT2D eigenvalue weighted by atomic mass is 10.2. The first-order valence-electron chi connectivity index (χ1n) is 5.55. The van der Waals surface area contributed by atoms with E-state index in [2.05, 4.69) is 26.2 Å². The standard InChI is InChI=1S/C14H10BrN3O/c1-9-5-6-10(7-12(9)15)18-14(19)13-4-2-3-11(8-16)17-13/h2-7H,1H3,(H,18,19). The highest BCUT2D eigenvalue weighted by molar-refractivity contribution is 9.10. The molecule has 0 saturated heterocycles. The van der Waals surface area contributed by atoms with Crippen LogP contribution < -0.4 is 5.32 Å². The van der Waals surface area contributed by atoms with E-state index < -0.39 is 0 Å². The smallest absolute Gasteiger partial charge is 0.274 e. The quantitative estimate of drug-likeness (QED) is 0.924. The van der Waals surface area contributed by atoms with Gasteiger partial charge in [0.1, 0.15) is 17.5 Å². The Morgan fingerprint density at radius 1 is 1.37 bits per heavy atom. The zero-order chi connectivity index (χ0) is 13.8. The van der Waals surface area contributed by atoms with Crippen LogP contribution >= 0.6 is 15.9 Å². The first-order chi connectivity index (χ1) is 9.10. The predicted molar refractivity (Wildman–Crippen MR) is 75.8 cm³/mol. The molecule has 0 saturated carbocycles. The van der Waals surface area contributed by atoms with Gasteiger partial charge in [0.05, 0.1) is 0 Å². The Morgan fingerprint density at radius 3 is 2.84 bits per heavy atom. The van der Waals surface area contributed by atoms with Gasteiger partial charge in [0.15, 0.2) is 0 Å². The maximum absolute atomic E-state index is 12.0. The number of rotatable bonds is 2. The zero-order valence-corrected chi connectivity index (χ0v) is 11.7. The maximum Gasteiger partial charge on any atom is 0.274 e. The van der Waals surface area contributed by atoms with Gasteiger partial charge in [0.2, 0.25) is 0 Å². The van der Waals surface area contributed by atoms with Crippen LogP contribution in [0.15, 0.2) is 40.9 Å². The number of nitrogens with one attached hydrogen (secondary N) is 1. The van der Waals surface area contributed by atoms with Crippen molar-refractivity contribution in [3.05, 3.63) is 57.8 Å². The molecule has 94 valence electrons. The average molecular weight is 316 g/mol. The lowest BCUT2D eigenvalue weighted by Crippen LogP contribution is -2.14. The number of aromatic nitrogens is 1. The van der Waals surface area contributed by atoms with Crippen molar-refractivity contribution in [2.24, 2.45) is 0 Å². The number of hydrogen-bond acceptors (Lipinski definition) is 3. The summed E-state index contributed by atoms with van der Waals surface area (Å²) in [7, 11) is 0. The van der Waals surface area contributed by atoms with Crippen LogP contribution in [0.4, 0.5) is 5.69 Å². The molecule has 0 bridgehead atoms. The molecule has 0 spiro atoms. The van der Waals surface area contributed by atoms with E-state index in [0.717, 1.165) is 10.0 Å². The Balaban J connectivity index is 2.21. The number of benzene rings is 1. The normalized spacial score (nSPS) is 9.74. The molecule has 2 rings (SSSR count). The SMILES string of the molecule is Cc1ccc(NC(=O)c2cccc(C#N)n2)cc1Br. The number of hydrogen-bond donors (Lipinski definition) is 1. The summed E-state index contributed by atoms with van der Waals surface area (Å²) in [5, 5.41) is 11.5. The van der Waals surface area contributed by atoms with Crippen molar-refractivity contribution in [1.29, 1.82) is 5.26 Å². The van der Waals surface area contributed by atoms with Gasteiger partial charge in [-0.2, -0.15) is 5.26 Å². The summed E-state index contributed by atoms with van der Waals surface area (Å²) in [6.07, 6.45) is 0. The number of amides is 1. The molecule has 0 radical (unpaired) electrons. The van der Waals surface area contributed by atoms with Crippen molar-refractivity contribution in [3.8, 4) is 6.07 Å². The molecule has 1 amide bonds. The highest BCUT2D eigenvalue weighted by Crippen LogP contribution is 2.20. The number of nitrogens with zero attached hydrogens (tertiary/aromatic N) is 2. The minimum absolute atomic E-state index is 0.218. The van der Waals surface area contributed by atoms with Gasteiger partial charge in [-0.25, -0.2) is 4.98 Å². The highest BCUT2D eigenvalue weighted by atomic mass is 79.9. The molecule has 1 aromatic heterocycles. The molecule has 0 atom stereocenters. The van der Waals surface area contributed by atoms with Gasteiger partial charge in [-0.05, 0) is 36.8 Å². The lowest BCUT2D eigenvalue weighted by Gasteiger charge is -2.06. The summed E-state index contributed by atoms with van der Waals surface area (Å²) < 4.78 is 0.920. The van der Waals surface area contributed by atoms with Crippen molar-refractivity contribution >= 4 is 27.5 Å². The number of carbonyl (C=O) groups excluding carboxylic acids is 1. The first-order valence-corrected chi connectivity index (χ1v) is 6.34. The molecule has 0 unspecified atom stereocenters. The maximum atomic E-state index is 12.0. The molecule has 0 aliphatic rings. The topological polar surface area (TPSA) is 65.8 Å². The van der Waals surface area contributed by atoms with Crippen LogP contribution in [-0.4, -0.2) is 10.9 Å². The summed E-state index contributed by atoms with van der Waals surface area (Å²) in [6.45, 7) is 1.97. The van der Waals surface area contributed by atoms with E-state index in [0.29, 0.717) is 5.69 Å². The van der Waals surface area contributed by atoms with Crippen molar-refractivity contribution < 1.29 is 4.79 Å². The Morgan fingerprint density at radius 2 is 2.16 bits per heavy atom. The van der Waals surface area contributed by atoms with Crippen molar-refractivity contribution in [1.82, 2.24) is 4.98 Å². The second kappa shape index (κ2) is 5.63. The summed E-state index contributed by atoms with van der Waals surface area (Å²) >= 11 is 3.41. The van der Waals surface area contributed by atoms with Gasteiger partial charge in [-0.1, -0.05) is 28.1 Å². The highest BCUT2D eigenvalue weighted by Gasteiger charge is 2.09. The van der Waals surface area contributed by atoms with E-state index in [4.69, 9.17) is 5.26 Å². The first kappa shape index (κ1) is 13.2. The van der Waals surface area contributed by atoms with Crippen molar-refractivity contribution in [2.45, 2.75) is 6.92 Å². The third-order valence-electron chi connectivity index (χ3n) is 2.53. The van der Waals surface area contributed by atoms with Crippen LogP contribution in [0.2, 0.25) is 0 Å². The Hall–Kier alpha value is -2.19. The Kier molecular flexibility index (Phi) is 3.93. The van der Waals surface area contributed by atoms with Gasteiger partial charge in [0, 0.05) is 10.2 Å². The monoisotopic (exact) mass is 315 g/mol. The number of anilines is 1. The molecule has 1 N–H and O–H groups in total. The molecule has 0 fully saturated rings. The van der Waals surface area contributed by atoms with Crippen LogP contribution in [0.25, 0.3) is 0 Å². The molecule has 1 heterocycles. The number of halogens is 1. The molecule has 0 aliphatic heterocycles. The van der Waals surface area contributed by atoms with E-state index in [1.54, 1.807) is 18.2 Å². The number of carbonyl (C=O) groups is 1. The fourth-order valence-electron chi connectivity index (χ4n) is 1.49. The zero-order valence-electron chi connectivity index (χ0n) is 10.1. The second-order valence-corrected chi connectivity index (χ2v) is 4.79. The Labute approximate surface area is 119 Å². The van der Waals surface area contributed by atoms with Gasteiger partial charge < -0.3 is 5.32 Å². The fourth-order valence-corrected chi connectivity index (χ4v) is 1.87. The van der Waals surface area contributed by atoms with Crippen LogP contribution in [0.3, 0.4) is 0 Å². The summed E-state index contributed by atoms with van der Waals surface area (Å²) in [4.78, 5) is 15.9. The molecule has 2 aromatic rings. The summed E-state index contributed by atoms with van der Waals surface area (Å²) in [5.41, 5.74) is 2.20. The molecular weight excluding hydrogens is 306 g/mol. The van der Waals surface area contributed by atoms with Crippen LogP contribution in [0.1, 0.15) is 21.7 Å². The van der Waals surface area contributed by atoms with Gasteiger partial charge >= 0.3 is 0 Å². The molecule has 1 aromatic carbocycles. The minimum Gasteiger partial charge on any atom is -0.321 e. The molecule has 5 heteroatoms. The number of pyridine rings is 1. The van der Waals surface area contributed by atoms with E-state index >= 15 is 0 Å². The van der Waals surface area contributed by atoms with E-state index in [-0.39, 0.29) is 17.3 Å². The Bertz CT molecular complexity index is 677. The summed E-state index contributed by atoms with van der Waals surface area (Å²) in [6, 6.07) is 12.2. The third-order valence-corrected chi connectivity index (χ3v) is 3.38. The van der Waals surface area contributed by atoms with E-state index in [1.165, 1.54) is 0 Å². The van der Waals surface area contributed by atoms with Crippen LogP contribution in [0, 0.1) is 18.3 Å². The molecule has 4 nitrogen and oxygen atoms in total. The average Bonchev–Trinajstić information content (AvgIpc) is 2.43. The lowest BCUT2D eigenvalue weighted by molar-refractivity contribution is 0.102. The largest absolute Gasteiger partial charge is 0.321 e. The van der Waals surface area contributed by atoms with Crippen molar-refractivity contribution in [3.63, 3.8) is 0 Å². The number of aryl methyl sites for hydroxylation is 1. The van der Waals surface area contributed by atoms with Gasteiger partial charge in [-0.3, -0.25) is 4.79 Å². The number of nitriles is 1. The molecule has 19 heavy (non-hydrogen) atoms. The minimum atomic E-state index is -0.340. The van der Waals surface area contributed by atoms with Crippen LogP contribution in [-0.2, 0) is 0 Å². The molecule has 0 aliphatic carbocycles. The second-order valence-electron chi connectivity index (χ2n) is 3.94. The van der Waals surface area contributed by atoms with E-state index in [1.807, 2.05) is 31.2 Å². The fraction of sp³-hybridized carbons (Fsp3) is 0.0714. The van der Waals surface area contributed by atoms with E-state index in [9.17, 15) is 4.79 Å². The van der Waals surface area contributed by atoms with Crippen molar-refractivity contribution in [2.75, 3.05) is 5.32 Å². The predicted octanol–water partition coefficient (Wildman–Crippen LogP) is 3.28. The van der Waals surface area contributed by atoms with Crippen LogP contribution in [0.5, 0.6) is 0 Å².